The fraction of sp³-hybridized carbons (Fsp3) is 0.0667. The summed E-state index contributed by atoms with van der Waals surface area (Å²) in [6.45, 7) is 0.327. The lowest BCUT2D eigenvalue weighted by molar-refractivity contribution is 0.0954. The van der Waals surface area contributed by atoms with E-state index >= 15 is 0 Å². The largest absolute Gasteiger partial charge is 0.356 e. The van der Waals surface area contributed by atoms with Crippen LogP contribution >= 0.6 is 22.9 Å². The number of hydrogen-bond donors (Lipinski definition) is 1. The third kappa shape index (κ3) is 3.32. The zero-order valence-corrected chi connectivity index (χ0v) is 12.4. The number of amides is 1. The summed E-state index contributed by atoms with van der Waals surface area (Å²) in [5, 5.41) is 9.29. The maximum absolute atomic E-state index is 11.8. The summed E-state index contributed by atoms with van der Waals surface area (Å²) in [5.74, 6) is 0.535. The van der Waals surface area contributed by atoms with E-state index in [-0.39, 0.29) is 5.91 Å². The van der Waals surface area contributed by atoms with E-state index in [4.69, 9.17) is 16.1 Å². The van der Waals surface area contributed by atoms with Gasteiger partial charge in [0, 0.05) is 16.7 Å². The Balaban J connectivity index is 1.65. The minimum Gasteiger partial charge on any atom is -0.356 e. The van der Waals surface area contributed by atoms with Gasteiger partial charge in [0.25, 0.3) is 5.91 Å². The van der Waals surface area contributed by atoms with Crippen molar-refractivity contribution in [2.75, 3.05) is 0 Å². The fourth-order valence-electron chi connectivity index (χ4n) is 1.81. The fourth-order valence-corrected chi connectivity index (χ4v) is 2.58. The van der Waals surface area contributed by atoms with Gasteiger partial charge in [-0.05, 0) is 35.7 Å². The van der Waals surface area contributed by atoms with E-state index in [2.05, 4.69) is 10.5 Å². The van der Waals surface area contributed by atoms with Crippen LogP contribution in [-0.4, -0.2) is 11.1 Å². The van der Waals surface area contributed by atoms with Crippen molar-refractivity contribution < 1.29 is 9.32 Å². The Morgan fingerprint density at radius 3 is 2.81 bits per heavy atom. The van der Waals surface area contributed by atoms with Gasteiger partial charge >= 0.3 is 0 Å². The molecule has 2 aromatic heterocycles. The molecule has 1 aromatic carbocycles. The van der Waals surface area contributed by atoms with E-state index in [1.165, 1.54) is 11.3 Å². The van der Waals surface area contributed by atoms with Crippen LogP contribution in [0.15, 0.2) is 52.4 Å². The molecule has 1 N–H and O–H groups in total. The van der Waals surface area contributed by atoms with E-state index in [0.717, 1.165) is 5.56 Å². The molecular weight excluding hydrogens is 308 g/mol. The van der Waals surface area contributed by atoms with Crippen molar-refractivity contribution >= 4 is 28.8 Å². The number of nitrogens with zero attached hydrogens (tertiary/aromatic N) is 1. The lowest BCUT2D eigenvalue weighted by Gasteiger charge is -1.99. The topological polar surface area (TPSA) is 55.1 Å². The molecule has 3 rings (SSSR count). The molecule has 3 aromatic rings. The van der Waals surface area contributed by atoms with E-state index in [9.17, 15) is 4.79 Å². The molecule has 106 valence electrons. The van der Waals surface area contributed by atoms with E-state index in [0.29, 0.717) is 27.9 Å². The number of hydrogen-bond acceptors (Lipinski definition) is 4. The van der Waals surface area contributed by atoms with Gasteiger partial charge in [-0.2, -0.15) is 0 Å². The molecule has 0 saturated carbocycles. The second kappa shape index (κ2) is 6.11. The molecule has 2 heterocycles. The highest BCUT2D eigenvalue weighted by Crippen LogP contribution is 2.22. The van der Waals surface area contributed by atoms with E-state index in [1.807, 2.05) is 23.6 Å². The van der Waals surface area contributed by atoms with Gasteiger partial charge in [0.2, 0.25) is 0 Å². The van der Waals surface area contributed by atoms with Gasteiger partial charge in [-0.15, -0.1) is 11.3 Å². The number of carbonyl (C=O) groups is 1. The number of halogens is 1. The minimum absolute atomic E-state index is 0.110. The SMILES string of the molecule is O=C(NCc1cc(-c2ccc(Cl)cc2)on1)c1cccs1. The second-order valence-electron chi connectivity index (χ2n) is 4.35. The number of carbonyl (C=O) groups excluding carboxylic acids is 1. The molecule has 4 nitrogen and oxygen atoms in total. The van der Waals surface area contributed by atoms with Gasteiger partial charge in [0.05, 0.1) is 11.4 Å². The molecule has 0 bridgehead atoms. The van der Waals surface area contributed by atoms with Gasteiger partial charge in [-0.1, -0.05) is 22.8 Å². The molecule has 0 radical (unpaired) electrons. The van der Waals surface area contributed by atoms with Gasteiger partial charge in [-0.3, -0.25) is 4.79 Å². The highest BCUT2D eigenvalue weighted by molar-refractivity contribution is 7.12. The molecule has 0 fully saturated rings. The first-order chi connectivity index (χ1) is 10.2. The Bertz CT molecular complexity index is 735. The van der Waals surface area contributed by atoms with Crippen LogP contribution in [0.2, 0.25) is 5.02 Å². The first kappa shape index (κ1) is 13.9. The number of nitrogens with one attached hydrogen (secondary N) is 1. The van der Waals surface area contributed by atoms with Crippen molar-refractivity contribution in [3.05, 3.63) is 63.4 Å². The zero-order chi connectivity index (χ0) is 14.7. The summed E-state index contributed by atoms with van der Waals surface area (Å²) in [6.07, 6.45) is 0. The average molecular weight is 319 g/mol. The highest BCUT2D eigenvalue weighted by Gasteiger charge is 2.09. The van der Waals surface area contributed by atoms with Crippen molar-refractivity contribution in [2.24, 2.45) is 0 Å². The molecular formula is C15H11ClN2O2S. The van der Waals surface area contributed by atoms with E-state index < -0.39 is 0 Å². The van der Waals surface area contributed by atoms with Gasteiger partial charge < -0.3 is 9.84 Å². The first-order valence-electron chi connectivity index (χ1n) is 6.25. The third-order valence-electron chi connectivity index (χ3n) is 2.86. The van der Waals surface area contributed by atoms with Crippen molar-refractivity contribution in [3.8, 4) is 11.3 Å². The molecule has 0 spiro atoms. The first-order valence-corrected chi connectivity index (χ1v) is 7.51. The van der Waals surface area contributed by atoms with Crippen LogP contribution in [0.5, 0.6) is 0 Å². The number of benzene rings is 1. The molecule has 0 unspecified atom stereocenters. The molecule has 21 heavy (non-hydrogen) atoms. The summed E-state index contributed by atoms with van der Waals surface area (Å²) in [6, 6.07) is 12.7. The van der Waals surface area contributed by atoms with Crippen LogP contribution in [0, 0.1) is 0 Å². The minimum atomic E-state index is -0.110. The molecule has 0 aliphatic rings. The number of aromatic nitrogens is 1. The third-order valence-corrected chi connectivity index (χ3v) is 3.98. The molecule has 6 heteroatoms. The van der Waals surface area contributed by atoms with Gasteiger partial charge in [-0.25, -0.2) is 0 Å². The summed E-state index contributed by atoms with van der Waals surface area (Å²) >= 11 is 7.25. The summed E-state index contributed by atoms with van der Waals surface area (Å²) in [7, 11) is 0. The maximum atomic E-state index is 11.8. The monoisotopic (exact) mass is 318 g/mol. The van der Waals surface area contributed by atoms with E-state index in [1.54, 1.807) is 24.3 Å². The van der Waals surface area contributed by atoms with Crippen molar-refractivity contribution in [1.82, 2.24) is 10.5 Å². The quantitative estimate of drug-likeness (QED) is 0.791. The van der Waals surface area contributed by atoms with Crippen LogP contribution in [-0.2, 0) is 6.54 Å². The van der Waals surface area contributed by atoms with Crippen molar-refractivity contribution in [3.63, 3.8) is 0 Å². The zero-order valence-electron chi connectivity index (χ0n) is 10.9. The van der Waals surface area contributed by atoms with Crippen LogP contribution in [0.1, 0.15) is 15.4 Å². The predicted molar refractivity (Wildman–Crippen MR) is 82.4 cm³/mol. The lowest BCUT2D eigenvalue weighted by atomic mass is 10.1. The molecule has 0 saturated heterocycles. The predicted octanol–water partition coefficient (Wildman–Crippen LogP) is 3.99. The summed E-state index contributed by atoms with van der Waals surface area (Å²) in [4.78, 5) is 12.5. The molecule has 0 aliphatic heterocycles. The summed E-state index contributed by atoms with van der Waals surface area (Å²) in [5.41, 5.74) is 1.56. The Kier molecular flexibility index (Phi) is 4.03. The van der Waals surface area contributed by atoms with Crippen molar-refractivity contribution in [2.45, 2.75) is 6.54 Å². The average Bonchev–Trinajstić information content (AvgIpc) is 3.17. The summed E-state index contributed by atoms with van der Waals surface area (Å²) < 4.78 is 5.27. The lowest BCUT2D eigenvalue weighted by Crippen LogP contribution is -2.21. The Morgan fingerprint density at radius 2 is 2.10 bits per heavy atom. The standard InChI is InChI=1S/C15H11ClN2O2S/c16-11-5-3-10(4-6-11)13-8-12(18-20-13)9-17-15(19)14-2-1-7-21-14/h1-8H,9H2,(H,17,19). The van der Waals surface area contributed by atoms with Crippen LogP contribution in [0.4, 0.5) is 0 Å². The number of thiophene rings is 1. The second-order valence-corrected chi connectivity index (χ2v) is 5.73. The normalized spacial score (nSPS) is 10.5. The maximum Gasteiger partial charge on any atom is 0.261 e. The molecule has 1 amide bonds. The van der Waals surface area contributed by atoms with Crippen molar-refractivity contribution in [1.29, 1.82) is 0 Å². The van der Waals surface area contributed by atoms with Crippen LogP contribution in [0.3, 0.4) is 0 Å². The Labute approximate surface area is 130 Å². The highest BCUT2D eigenvalue weighted by atomic mass is 35.5. The Morgan fingerprint density at radius 1 is 1.29 bits per heavy atom. The van der Waals surface area contributed by atoms with Crippen LogP contribution < -0.4 is 5.32 Å². The van der Waals surface area contributed by atoms with Gasteiger partial charge in [0.1, 0.15) is 5.69 Å². The smallest absolute Gasteiger partial charge is 0.261 e. The molecule has 0 aliphatic carbocycles. The van der Waals surface area contributed by atoms with Crippen LogP contribution in [0.25, 0.3) is 11.3 Å². The Hall–Kier alpha value is -2.11. The van der Waals surface area contributed by atoms with Gasteiger partial charge in [0.15, 0.2) is 5.76 Å². The molecule has 0 atom stereocenters. The number of rotatable bonds is 4.